The van der Waals surface area contributed by atoms with Crippen LogP contribution in [0.5, 0.6) is 0 Å². The fourth-order valence-corrected chi connectivity index (χ4v) is 13.0. The van der Waals surface area contributed by atoms with E-state index in [0.29, 0.717) is 43.6 Å². The summed E-state index contributed by atoms with van der Waals surface area (Å²) < 4.78 is 2.20. The highest BCUT2D eigenvalue weighted by atomic mass is 32.1. The lowest BCUT2D eigenvalue weighted by Gasteiger charge is -2.53. The number of nitrogens with one attached hydrogen (secondary N) is 4. The Balaban J connectivity index is 0.626. The summed E-state index contributed by atoms with van der Waals surface area (Å²) in [5.74, 6) is -1.04. The van der Waals surface area contributed by atoms with Gasteiger partial charge in [-0.2, -0.15) is 0 Å². The number of benzene rings is 3. The molecule has 2 aromatic heterocycles. The van der Waals surface area contributed by atoms with Crippen LogP contribution in [0.3, 0.4) is 0 Å². The van der Waals surface area contributed by atoms with Crippen LogP contribution in [0.2, 0.25) is 0 Å². The summed E-state index contributed by atoms with van der Waals surface area (Å²) in [4.78, 5) is 95.8. The molecule has 3 atom stereocenters. The van der Waals surface area contributed by atoms with Gasteiger partial charge < -0.3 is 50.5 Å². The summed E-state index contributed by atoms with van der Waals surface area (Å²) >= 11 is 1.58. The van der Waals surface area contributed by atoms with Gasteiger partial charge in [-0.25, -0.2) is 4.98 Å². The highest BCUT2D eigenvalue weighted by Gasteiger charge is 2.49. The van der Waals surface area contributed by atoms with E-state index in [0.717, 1.165) is 124 Å². The predicted octanol–water partition coefficient (Wildman–Crippen LogP) is 7.15. The average Bonchev–Trinajstić information content (AvgIpc) is 4.29. The molecule has 4 aliphatic rings. The first-order valence-corrected chi connectivity index (χ1v) is 30.7. The monoisotopic (exact) mass is 1150 g/mol. The average molecular weight is 1150 g/mol. The van der Waals surface area contributed by atoms with Crippen molar-refractivity contribution in [1.29, 1.82) is 0 Å². The zero-order chi connectivity index (χ0) is 58.8. The Bertz CT molecular complexity index is 3050. The van der Waals surface area contributed by atoms with E-state index >= 15 is 0 Å². The van der Waals surface area contributed by atoms with E-state index in [2.05, 4.69) is 63.7 Å². The van der Waals surface area contributed by atoms with Crippen LogP contribution < -0.4 is 21.3 Å². The molecule has 18 nitrogen and oxygen atoms in total. The standard InChI is InChI=1S/C64H85N11O7S/c1-44-57(83-43-67-44)48-19-13-45(14-20-48)39-66-60(80)53-38-51(76)42-75(53)62(82)58(63(2,3)4)69-55(77)12-9-7-8-10-30-71-32-34-72(35-33-71)31-27-56(78)68-50-23-17-46(18-24-50)40-65-59(79)52-25-26-54-64(28-11-29-64)73(36-37-74(52)54)41-47-15-21-49(22-16-47)61(81)70(5)6/h13-26,43,51,53,58,76H,7-12,27-42H2,1-6H3,(H,65,79)(H,66,80)(H,68,78)(H,69,77)/t51-,53+,58-/m1/s1. The van der Waals surface area contributed by atoms with Crippen molar-refractivity contribution in [1.82, 2.24) is 50.0 Å². The second-order valence-corrected chi connectivity index (χ2v) is 25.3. The summed E-state index contributed by atoms with van der Waals surface area (Å²) in [6, 6.07) is 25.9. The van der Waals surface area contributed by atoms with Crippen LogP contribution in [0.4, 0.5) is 5.69 Å². The quantitative estimate of drug-likeness (QED) is 0.0416. The molecule has 1 saturated carbocycles. The van der Waals surface area contributed by atoms with E-state index in [1.807, 2.05) is 99.9 Å². The van der Waals surface area contributed by atoms with Gasteiger partial charge in [0.1, 0.15) is 17.8 Å². The molecule has 0 radical (unpaired) electrons. The summed E-state index contributed by atoms with van der Waals surface area (Å²) in [5, 5.41) is 22.8. The van der Waals surface area contributed by atoms with Crippen molar-refractivity contribution in [3.63, 3.8) is 0 Å². The number of rotatable bonds is 23. The van der Waals surface area contributed by atoms with Gasteiger partial charge in [0.25, 0.3) is 11.8 Å². The lowest BCUT2D eigenvalue weighted by atomic mass is 9.71. The Morgan fingerprint density at radius 3 is 2.04 bits per heavy atom. The van der Waals surface area contributed by atoms with Crippen LogP contribution in [0.1, 0.15) is 134 Å². The molecule has 9 rings (SSSR count). The predicted molar refractivity (Wildman–Crippen MR) is 323 cm³/mol. The first-order chi connectivity index (χ1) is 39.8. The Morgan fingerprint density at radius 1 is 0.747 bits per heavy atom. The second-order valence-electron chi connectivity index (χ2n) is 24.4. The van der Waals surface area contributed by atoms with Crippen molar-refractivity contribution in [2.45, 2.75) is 142 Å². The number of aliphatic hydroxyl groups excluding tert-OH is 1. The van der Waals surface area contributed by atoms with Crippen molar-refractivity contribution < 1.29 is 33.9 Å². The number of fused-ring (bicyclic) bond motifs is 2. The highest BCUT2D eigenvalue weighted by molar-refractivity contribution is 7.13. The maximum absolute atomic E-state index is 14.1. The second kappa shape index (κ2) is 27.3. The number of unbranched alkanes of at least 4 members (excludes halogenated alkanes) is 3. The number of hydrogen-bond donors (Lipinski definition) is 5. The molecule has 5 aromatic rings. The Hall–Kier alpha value is -6.77. The van der Waals surface area contributed by atoms with Crippen molar-refractivity contribution in [2.75, 3.05) is 71.8 Å². The van der Waals surface area contributed by atoms with Gasteiger partial charge in [-0.3, -0.25) is 33.7 Å². The molecular weight excluding hydrogens is 1070 g/mol. The molecule has 444 valence electrons. The lowest BCUT2D eigenvalue weighted by molar-refractivity contribution is -0.144. The number of aromatic nitrogens is 2. The third-order valence-electron chi connectivity index (χ3n) is 17.2. The number of hydrogen-bond acceptors (Lipinski definition) is 12. The van der Waals surface area contributed by atoms with E-state index in [9.17, 15) is 33.9 Å². The molecule has 1 aliphatic carbocycles. The number of β-amino-alcohol motifs (C(OH)–C–C–N with tert-alkyl or cyclic N) is 1. The molecule has 3 aliphatic heterocycles. The molecule has 2 saturated heterocycles. The van der Waals surface area contributed by atoms with Gasteiger partial charge >= 0.3 is 0 Å². The fourth-order valence-electron chi connectivity index (χ4n) is 12.1. The van der Waals surface area contributed by atoms with Crippen LogP contribution in [-0.4, -0.2) is 159 Å². The first kappa shape index (κ1) is 60.8. The molecule has 3 fully saturated rings. The first-order valence-electron chi connectivity index (χ1n) is 29.8. The normalized spacial score (nSPS) is 18.5. The maximum atomic E-state index is 14.1. The molecule has 5 N–H and O–H groups in total. The summed E-state index contributed by atoms with van der Waals surface area (Å²) in [6.07, 6.45) is 6.83. The van der Waals surface area contributed by atoms with E-state index in [1.165, 1.54) is 16.2 Å². The van der Waals surface area contributed by atoms with Crippen molar-refractivity contribution in [3.05, 3.63) is 130 Å². The van der Waals surface area contributed by atoms with E-state index < -0.39 is 23.6 Å². The van der Waals surface area contributed by atoms with Crippen molar-refractivity contribution >= 4 is 52.5 Å². The number of anilines is 1. The molecule has 6 amide bonds. The number of piperazine rings is 1. The van der Waals surface area contributed by atoms with Crippen LogP contribution in [0.25, 0.3) is 10.4 Å². The van der Waals surface area contributed by atoms with Gasteiger partial charge in [0.05, 0.1) is 27.7 Å². The number of carbonyl (C=O) groups is 6. The van der Waals surface area contributed by atoms with Gasteiger partial charge in [-0.05, 0) is 110 Å². The number of amides is 6. The van der Waals surface area contributed by atoms with Gasteiger partial charge in [-0.15, -0.1) is 11.3 Å². The number of carbonyl (C=O) groups excluding carboxylic acids is 6. The zero-order valence-electron chi connectivity index (χ0n) is 49.4. The number of thiazole rings is 1. The molecule has 5 heterocycles. The van der Waals surface area contributed by atoms with Gasteiger partial charge in [-0.1, -0.05) is 82.1 Å². The number of aryl methyl sites for hydroxylation is 1. The van der Waals surface area contributed by atoms with E-state index in [1.54, 1.807) is 30.3 Å². The fraction of sp³-hybridized carbons (Fsp3) is 0.516. The number of nitrogens with zero attached hydrogens (tertiary/aromatic N) is 7. The van der Waals surface area contributed by atoms with E-state index in [4.69, 9.17) is 0 Å². The van der Waals surface area contributed by atoms with Crippen LogP contribution in [0, 0.1) is 12.3 Å². The maximum Gasteiger partial charge on any atom is 0.268 e. The smallest absolute Gasteiger partial charge is 0.268 e. The minimum absolute atomic E-state index is 0.00458. The van der Waals surface area contributed by atoms with Gasteiger partial charge in [0, 0.05) is 122 Å². The molecular formula is C64H85N11O7S. The van der Waals surface area contributed by atoms with Gasteiger partial charge in [0.15, 0.2) is 0 Å². The van der Waals surface area contributed by atoms with Crippen LogP contribution in [0.15, 0.2) is 90.4 Å². The Kier molecular flexibility index (Phi) is 20.0. The van der Waals surface area contributed by atoms with E-state index in [-0.39, 0.29) is 60.5 Å². The zero-order valence-corrected chi connectivity index (χ0v) is 50.2. The largest absolute Gasteiger partial charge is 0.391 e. The molecule has 0 unspecified atom stereocenters. The number of likely N-dealkylation sites (tertiary alicyclic amines) is 1. The summed E-state index contributed by atoms with van der Waals surface area (Å²) in [6.45, 7) is 16.0. The molecule has 1 spiro atoms. The lowest BCUT2D eigenvalue weighted by Crippen LogP contribution is -2.57. The van der Waals surface area contributed by atoms with Crippen LogP contribution >= 0.6 is 11.3 Å². The number of aliphatic hydroxyl groups is 1. The van der Waals surface area contributed by atoms with Gasteiger partial charge in [0.2, 0.25) is 23.6 Å². The highest BCUT2D eigenvalue weighted by Crippen LogP contribution is 2.49. The third kappa shape index (κ3) is 15.1. The molecule has 3 aromatic carbocycles. The minimum atomic E-state index is -0.860. The Morgan fingerprint density at radius 2 is 1.40 bits per heavy atom. The third-order valence-corrected chi connectivity index (χ3v) is 18.2. The molecule has 19 heteroatoms. The Labute approximate surface area is 493 Å². The topological polar surface area (TPSA) is 205 Å². The minimum Gasteiger partial charge on any atom is -0.391 e. The molecule has 0 bridgehead atoms. The van der Waals surface area contributed by atoms with Crippen molar-refractivity contribution in [3.8, 4) is 10.4 Å². The summed E-state index contributed by atoms with van der Waals surface area (Å²) in [7, 11) is 3.53. The molecule has 83 heavy (non-hydrogen) atoms. The SMILES string of the molecule is Cc1ncsc1-c1ccc(CNC(=O)[C@@H]2C[C@@H](O)CN2C(=O)[C@@H](NC(=O)CCCCCCN2CCN(CCC(=O)Nc3ccc(CNC(=O)c4ccc5n4CCN(Cc4ccc(C(=O)N(C)C)cc4)C54CCC4)cc3)CC2)C(C)(C)C)cc1. The van der Waals surface area contributed by atoms with Crippen LogP contribution in [-0.2, 0) is 50.9 Å². The van der Waals surface area contributed by atoms with Crippen molar-refractivity contribution in [2.24, 2.45) is 5.41 Å². The summed E-state index contributed by atoms with van der Waals surface area (Å²) in [5.41, 5.74) is 9.45.